The largest absolute Gasteiger partial charge is 0.496 e. The number of ether oxygens (including phenoxy) is 1. The lowest BCUT2D eigenvalue weighted by atomic mass is 10.1. The molecule has 0 amide bonds. The summed E-state index contributed by atoms with van der Waals surface area (Å²) in [7, 11) is 1.51. The van der Waals surface area contributed by atoms with Crippen molar-refractivity contribution in [2.45, 2.75) is 25.8 Å². The van der Waals surface area contributed by atoms with Crippen molar-refractivity contribution in [3.8, 4) is 5.75 Å². The predicted octanol–water partition coefficient (Wildman–Crippen LogP) is 1.88. The number of benzene rings is 1. The van der Waals surface area contributed by atoms with E-state index in [1.165, 1.54) is 19.2 Å². The van der Waals surface area contributed by atoms with E-state index in [1.807, 2.05) is 6.92 Å². The Bertz CT molecular complexity index is 377. The number of rotatable bonds is 5. The second-order valence-electron chi connectivity index (χ2n) is 3.77. The predicted molar refractivity (Wildman–Crippen MR) is 61.6 cm³/mol. The van der Waals surface area contributed by atoms with Crippen LogP contribution in [0, 0.1) is 10.1 Å². The molecular weight excluding hydrogens is 208 g/mol. The highest BCUT2D eigenvalue weighted by Crippen LogP contribution is 2.25. The van der Waals surface area contributed by atoms with Crippen LogP contribution in [0.25, 0.3) is 0 Å². The van der Waals surface area contributed by atoms with Gasteiger partial charge in [-0.05, 0) is 31.4 Å². The maximum Gasteiger partial charge on any atom is 0.273 e. The van der Waals surface area contributed by atoms with E-state index >= 15 is 0 Å². The zero-order valence-electron chi connectivity index (χ0n) is 9.47. The summed E-state index contributed by atoms with van der Waals surface area (Å²) < 4.78 is 5.12. The van der Waals surface area contributed by atoms with Crippen molar-refractivity contribution in [2.75, 3.05) is 7.11 Å². The zero-order valence-corrected chi connectivity index (χ0v) is 9.47. The van der Waals surface area contributed by atoms with E-state index in [0.29, 0.717) is 5.75 Å². The number of hydrogen-bond acceptors (Lipinski definition) is 4. The van der Waals surface area contributed by atoms with Gasteiger partial charge in [0.05, 0.1) is 18.1 Å². The van der Waals surface area contributed by atoms with Gasteiger partial charge in [0.25, 0.3) is 5.69 Å². The highest BCUT2D eigenvalue weighted by molar-refractivity contribution is 5.44. The minimum absolute atomic E-state index is 0.0430. The molecular formula is C11H16N2O3. The average molecular weight is 224 g/mol. The summed E-state index contributed by atoms with van der Waals surface area (Å²) >= 11 is 0. The molecule has 88 valence electrons. The Morgan fingerprint density at radius 3 is 2.75 bits per heavy atom. The SMILES string of the molecule is COc1cc([N+](=O)[O-])ccc1CCC(C)N. The first kappa shape index (κ1) is 12.4. The third-order valence-electron chi connectivity index (χ3n) is 2.35. The van der Waals surface area contributed by atoms with Gasteiger partial charge in [-0.2, -0.15) is 0 Å². The number of nitro groups is 1. The monoisotopic (exact) mass is 224 g/mol. The van der Waals surface area contributed by atoms with Crippen molar-refractivity contribution in [1.82, 2.24) is 0 Å². The van der Waals surface area contributed by atoms with Crippen LogP contribution in [0.3, 0.4) is 0 Å². The Hall–Kier alpha value is -1.62. The van der Waals surface area contributed by atoms with Gasteiger partial charge in [-0.15, -0.1) is 0 Å². The fourth-order valence-corrected chi connectivity index (χ4v) is 1.44. The molecule has 0 saturated heterocycles. The first-order valence-electron chi connectivity index (χ1n) is 5.11. The number of non-ortho nitro benzene ring substituents is 1. The van der Waals surface area contributed by atoms with E-state index in [-0.39, 0.29) is 11.7 Å². The van der Waals surface area contributed by atoms with E-state index in [1.54, 1.807) is 6.07 Å². The molecule has 0 saturated carbocycles. The van der Waals surface area contributed by atoms with E-state index in [4.69, 9.17) is 10.5 Å². The molecule has 1 unspecified atom stereocenters. The molecule has 0 fully saturated rings. The summed E-state index contributed by atoms with van der Waals surface area (Å²) in [5, 5.41) is 10.6. The Kier molecular flexibility index (Phi) is 4.25. The summed E-state index contributed by atoms with van der Waals surface area (Å²) in [6, 6.07) is 4.76. The van der Waals surface area contributed by atoms with Gasteiger partial charge in [-0.1, -0.05) is 0 Å². The quantitative estimate of drug-likeness (QED) is 0.611. The molecule has 0 bridgehead atoms. The zero-order chi connectivity index (χ0) is 12.1. The average Bonchev–Trinajstić information content (AvgIpc) is 2.25. The second-order valence-corrected chi connectivity index (χ2v) is 3.77. The first-order chi connectivity index (χ1) is 7.54. The van der Waals surface area contributed by atoms with Crippen molar-refractivity contribution in [2.24, 2.45) is 5.73 Å². The van der Waals surface area contributed by atoms with Gasteiger partial charge in [0.15, 0.2) is 0 Å². The molecule has 0 aromatic heterocycles. The topological polar surface area (TPSA) is 78.4 Å². The standard InChI is InChI=1S/C11H16N2O3/c1-8(12)3-4-9-5-6-10(13(14)15)7-11(9)16-2/h5-8H,3-4,12H2,1-2H3. The van der Waals surface area contributed by atoms with Crippen LogP contribution in [0.4, 0.5) is 5.69 Å². The number of aryl methyl sites for hydroxylation is 1. The van der Waals surface area contributed by atoms with Crippen molar-refractivity contribution < 1.29 is 9.66 Å². The van der Waals surface area contributed by atoms with E-state index < -0.39 is 4.92 Å². The lowest BCUT2D eigenvalue weighted by Gasteiger charge is -2.09. The summed E-state index contributed by atoms with van der Waals surface area (Å²) in [5.74, 6) is 0.551. The number of nitrogens with two attached hydrogens (primary N) is 1. The van der Waals surface area contributed by atoms with Gasteiger partial charge in [-0.25, -0.2) is 0 Å². The minimum atomic E-state index is -0.433. The third kappa shape index (κ3) is 3.20. The van der Waals surface area contributed by atoms with Gasteiger partial charge in [0.1, 0.15) is 5.75 Å². The van der Waals surface area contributed by atoms with E-state index in [9.17, 15) is 10.1 Å². The minimum Gasteiger partial charge on any atom is -0.496 e. The van der Waals surface area contributed by atoms with Crippen LogP contribution in [-0.2, 0) is 6.42 Å². The number of hydrogen-bond donors (Lipinski definition) is 1. The molecule has 1 aromatic carbocycles. The fourth-order valence-electron chi connectivity index (χ4n) is 1.44. The van der Waals surface area contributed by atoms with Crippen LogP contribution < -0.4 is 10.5 Å². The molecule has 0 heterocycles. The molecule has 16 heavy (non-hydrogen) atoms. The Balaban J connectivity index is 2.89. The van der Waals surface area contributed by atoms with Crippen LogP contribution in [0.1, 0.15) is 18.9 Å². The Labute approximate surface area is 94.4 Å². The lowest BCUT2D eigenvalue weighted by molar-refractivity contribution is -0.384. The van der Waals surface area contributed by atoms with Gasteiger partial charge >= 0.3 is 0 Å². The van der Waals surface area contributed by atoms with Crippen molar-refractivity contribution in [3.63, 3.8) is 0 Å². The van der Waals surface area contributed by atoms with Crippen LogP contribution in [-0.4, -0.2) is 18.1 Å². The summed E-state index contributed by atoms with van der Waals surface area (Å²) in [5.41, 5.74) is 6.65. The van der Waals surface area contributed by atoms with Crippen LogP contribution >= 0.6 is 0 Å². The normalized spacial score (nSPS) is 12.2. The van der Waals surface area contributed by atoms with Gasteiger partial charge < -0.3 is 10.5 Å². The van der Waals surface area contributed by atoms with Gasteiger partial charge in [0, 0.05) is 12.1 Å². The van der Waals surface area contributed by atoms with Crippen molar-refractivity contribution in [1.29, 1.82) is 0 Å². The molecule has 1 aromatic rings. The smallest absolute Gasteiger partial charge is 0.273 e. The molecule has 0 aliphatic rings. The second kappa shape index (κ2) is 5.46. The maximum absolute atomic E-state index is 10.6. The Morgan fingerprint density at radius 2 is 2.25 bits per heavy atom. The van der Waals surface area contributed by atoms with Gasteiger partial charge in [-0.3, -0.25) is 10.1 Å². The first-order valence-corrected chi connectivity index (χ1v) is 5.11. The van der Waals surface area contributed by atoms with Crippen LogP contribution in [0.15, 0.2) is 18.2 Å². The highest BCUT2D eigenvalue weighted by Gasteiger charge is 2.11. The number of nitrogens with zero attached hydrogens (tertiary/aromatic N) is 1. The Morgan fingerprint density at radius 1 is 1.56 bits per heavy atom. The molecule has 0 spiro atoms. The third-order valence-corrected chi connectivity index (χ3v) is 2.35. The van der Waals surface area contributed by atoms with Crippen LogP contribution in [0.2, 0.25) is 0 Å². The molecule has 1 atom stereocenters. The van der Waals surface area contributed by atoms with Gasteiger partial charge in [0.2, 0.25) is 0 Å². The summed E-state index contributed by atoms with van der Waals surface area (Å²) in [6.45, 7) is 1.93. The van der Waals surface area contributed by atoms with Crippen LogP contribution in [0.5, 0.6) is 5.75 Å². The number of nitro benzene ring substituents is 1. The molecule has 5 nitrogen and oxygen atoms in total. The summed E-state index contributed by atoms with van der Waals surface area (Å²) in [4.78, 5) is 10.1. The molecule has 0 aliphatic heterocycles. The van der Waals surface area contributed by atoms with Crippen molar-refractivity contribution >= 4 is 5.69 Å². The highest BCUT2D eigenvalue weighted by atomic mass is 16.6. The lowest BCUT2D eigenvalue weighted by Crippen LogP contribution is -2.15. The molecule has 0 aliphatic carbocycles. The molecule has 5 heteroatoms. The van der Waals surface area contributed by atoms with Crippen molar-refractivity contribution in [3.05, 3.63) is 33.9 Å². The maximum atomic E-state index is 10.6. The number of methoxy groups -OCH3 is 1. The van der Waals surface area contributed by atoms with E-state index in [0.717, 1.165) is 18.4 Å². The molecule has 0 radical (unpaired) electrons. The fraction of sp³-hybridized carbons (Fsp3) is 0.455. The summed E-state index contributed by atoms with van der Waals surface area (Å²) in [6.07, 6.45) is 1.59. The van der Waals surface area contributed by atoms with E-state index in [2.05, 4.69) is 0 Å². The molecule has 2 N–H and O–H groups in total. The molecule has 1 rings (SSSR count).